The lowest BCUT2D eigenvalue weighted by atomic mass is 10.1. The highest BCUT2D eigenvalue weighted by Gasteiger charge is 2.36. The van der Waals surface area contributed by atoms with Gasteiger partial charge in [-0.05, 0) is 30.9 Å². The first-order chi connectivity index (χ1) is 8.56. The predicted octanol–water partition coefficient (Wildman–Crippen LogP) is 0.907. The summed E-state index contributed by atoms with van der Waals surface area (Å²) >= 11 is 0. The van der Waals surface area contributed by atoms with Crippen LogP contribution in [0, 0.1) is 5.92 Å². The highest BCUT2D eigenvalue weighted by molar-refractivity contribution is 5.99. The van der Waals surface area contributed by atoms with Crippen molar-refractivity contribution >= 4 is 5.91 Å². The Labute approximate surface area is 106 Å². The second kappa shape index (κ2) is 4.86. The molecule has 1 aromatic carbocycles. The van der Waals surface area contributed by atoms with E-state index in [0.29, 0.717) is 12.5 Å². The fourth-order valence-electron chi connectivity index (χ4n) is 2.22. The van der Waals surface area contributed by atoms with Gasteiger partial charge in [0.25, 0.3) is 5.91 Å². The summed E-state index contributed by atoms with van der Waals surface area (Å²) in [4.78, 5) is 13.8. The number of likely N-dealkylation sites (N-methyl/N-ethyl adjacent to an activating group) is 1. The van der Waals surface area contributed by atoms with E-state index in [1.165, 1.54) is 23.1 Å². The Hall–Kier alpha value is -1.75. The number of phenols is 2. The zero-order valence-electron chi connectivity index (χ0n) is 10.3. The van der Waals surface area contributed by atoms with Crippen molar-refractivity contribution in [3.63, 3.8) is 0 Å². The standard InChI is InChI=1S/C13H18N2O3/c1-15(9(7-14)8-5-6-8)13(18)12-10(16)3-2-4-11(12)17/h2-4,8-9,16-17H,5-7,14H2,1H3. The summed E-state index contributed by atoms with van der Waals surface area (Å²) in [6.07, 6.45) is 2.15. The van der Waals surface area contributed by atoms with Gasteiger partial charge in [0.05, 0.1) is 0 Å². The van der Waals surface area contributed by atoms with Gasteiger partial charge in [0, 0.05) is 19.6 Å². The number of nitrogens with two attached hydrogens (primary N) is 1. The lowest BCUT2D eigenvalue weighted by molar-refractivity contribution is 0.0712. The van der Waals surface area contributed by atoms with Crippen molar-refractivity contribution in [2.75, 3.05) is 13.6 Å². The number of nitrogens with zero attached hydrogens (tertiary/aromatic N) is 1. The van der Waals surface area contributed by atoms with Gasteiger partial charge < -0.3 is 20.8 Å². The van der Waals surface area contributed by atoms with Gasteiger partial charge >= 0.3 is 0 Å². The van der Waals surface area contributed by atoms with Crippen LogP contribution in [-0.4, -0.2) is 40.7 Å². The molecule has 1 amide bonds. The topological polar surface area (TPSA) is 86.8 Å². The Balaban J connectivity index is 2.24. The van der Waals surface area contributed by atoms with Crippen molar-refractivity contribution in [1.29, 1.82) is 0 Å². The van der Waals surface area contributed by atoms with Gasteiger partial charge in [0.1, 0.15) is 17.1 Å². The van der Waals surface area contributed by atoms with Crippen LogP contribution < -0.4 is 5.73 Å². The first-order valence-electron chi connectivity index (χ1n) is 6.04. The van der Waals surface area contributed by atoms with E-state index in [4.69, 9.17) is 5.73 Å². The second-order valence-corrected chi connectivity index (χ2v) is 4.73. The maximum absolute atomic E-state index is 12.3. The molecular formula is C13H18N2O3. The van der Waals surface area contributed by atoms with Gasteiger partial charge in [-0.2, -0.15) is 0 Å². The number of amides is 1. The van der Waals surface area contributed by atoms with E-state index in [-0.39, 0.29) is 23.1 Å². The molecule has 5 nitrogen and oxygen atoms in total. The van der Waals surface area contributed by atoms with E-state index in [0.717, 1.165) is 12.8 Å². The van der Waals surface area contributed by atoms with E-state index in [1.807, 2.05) is 0 Å². The summed E-state index contributed by atoms with van der Waals surface area (Å²) in [7, 11) is 1.66. The Morgan fingerprint density at radius 1 is 1.44 bits per heavy atom. The van der Waals surface area contributed by atoms with Crippen molar-refractivity contribution in [3.8, 4) is 11.5 Å². The second-order valence-electron chi connectivity index (χ2n) is 4.73. The quantitative estimate of drug-likeness (QED) is 0.741. The van der Waals surface area contributed by atoms with Gasteiger partial charge in [-0.15, -0.1) is 0 Å². The van der Waals surface area contributed by atoms with E-state index in [9.17, 15) is 15.0 Å². The Morgan fingerprint density at radius 3 is 2.44 bits per heavy atom. The van der Waals surface area contributed by atoms with Crippen LogP contribution in [-0.2, 0) is 0 Å². The molecule has 4 N–H and O–H groups in total. The smallest absolute Gasteiger partial charge is 0.261 e. The van der Waals surface area contributed by atoms with Crippen molar-refractivity contribution in [1.82, 2.24) is 4.90 Å². The molecule has 1 aromatic rings. The molecule has 0 aliphatic heterocycles. The summed E-state index contributed by atoms with van der Waals surface area (Å²) < 4.78 is 0. The van der Waals surface area contributed by atoms with Crippen LogP contribution in [0.1, 0.15) is 23.2 Å². The number of carbonyl (C=O) groups is 1. The van der Waals surface area contributed by atoms with Gasteiger partial charge in [0.15, 0.2) is 0 Å². The molecule has 0 radical (unpaired) electrons. The molecule has 1 fully saturated rings. The third kappa shape index (κ3) is 2.26. The SMILES string of the molecule is CN(C(=O)c1c(O)cccc1O)C(CN)C1CC1. The zero-order chi connectivity index (χ0) is 13.3. The van der Waals surface area contributed by atoms with E-state index in [2.05, 4.69) is 0 Å². The average molecular weight is 250 g/mol. The minimum atomic E-state index is -0.395. The fraction of sp³-hybridized carbons (Fsp3) is 0.462. The number of carbonyl (C=O) groups excluding carboxylic acids is 1. The zero-order valence-corrected chi connectivity index (χ0v) is 10.3. The lowest BCUT2D eigenvalue weighted by Crippen LogP contribution is -2.43. The molecule has 18 heavy (non-hydrogen) atoms. The predicted molar refractivity (Wildman–Crippen MR) is 67.4 cm³/mol. The Bertz CT molecular complexity index is 437. The minimum absolute atomic E-state index is 0.0310. The number of rotatable bonds is 4. The van der Waals surface area contributed by atoms with E-state index in [1.54, 1.807) is 7.05 Å². The largest absolute Gasteiger partial charge is 0.507 e. The maximum Gasteiger partial charge on any atom is 0.261 e. The molecule has 0 spiro atoms. The van der Waals surface area contributed by atoms with Gasteiger partial charge in [-0.25, -0.2) is 0 Å². The van der Waals surface area contributed by atoms with Crippen LogP contribution in [0.3, 0.4) is 0 Å². The van der Waals surface area contributed by atoms with Gasteiger partial charge in [0.2, 0.25) is 0 Å². The number of hydrogen-bond acceptors (Lipinski definition) is 4. The molecular weight excluding hydrogens is 232 g/mol. The first-order valence-corrected chi connectivity index (χ1v) is 6.04. The minimum Gasteiger partial charge on any atom is -0.507 e. The lowest BCUT2D eigenvalue weighted by Gasteiger charge is -2.27. The normalized spacial score (nSPS) is 16.3. The first kappa shape index (κ1) is 12.7. The Kier molecular flexibility index (Phi) is 3.43. The summed E-state index contributed by atoms with van der Waals surface area (Å²) in [6.45, 7) is 0.390. The van der Waals surface area contributed by atoms with Gasteiger partial charge in [-0.1, -0.05) is 6.07 Å². The molecule has 1 atom stereocenters. The number of phenolic OH excluding ortho intramolecular Hbond substituents is 2. The monoisotopic (exact) mass is 250 g/mol. The molecule has 5 heteroatoms. The van der Waals surface area contributed by atoms with Crippen molar-refractivity contribution in [2.24, 2.45) is 11.7 Å². The van der Waals surface area contributed by atoms with Crippen LogP contribution in [0.2, 0.25) is 0 Å². The third-order valence-corrected chi connectivity index (χ3v) is 3.46. The van der Waals surface area contributed by atoms with Crippen LogP contribution in [0.4, 0.5) is 0 Å². The van der Waals surface area contributed by atoms with Crippen molar-refractivity contribution < 1.29 is 15.0 Å². The summed E-state index contributed by atoms with van der Waals surface area (Å²) in [5.74, 6) is -0.373. The molecule has 0 saturated heterocycles. The van der Waals surface area contributed by atoms with Crippen molar-refractivity contribution in [3.05, 3.63) is 23.8 Å². The summed E-state index contributed by atoms with van der Waals surface area (Å²) in [5.41, 5.74) is 5.63. The molecule has 1 saturated carbocycles. The highest BCUT2D eigenvalue weighted by atomic mass is 16.3. The number of aromatic hydroxyl groups is 2. The molecule has 1 unspecified atom stereocenters. The molecule has 1 aliphatic rings. The van der Waals surface area contributed by atoms with Crippen LogP contribution in [0.5, 0.6) is 11.5 Å². The van der Waals surface area contributed by atoms with Crippen LogP contribution in [0.25, 0.3) is 0 Å². The number of benzene rings is 1. The fourth-order valence-corrected chi connectivity index (χ4v) is 2.22. The van der Waals surface area contributed by atoms with E-state index < -0.39 is 5.91 Å². The molecule has 0 bridgehead atoms. The van der Waals surface area contributed by atoms with Crippen LogP contribution in [0.15, 0.2) is 18.2 Å². The third-order valence-electron chi connectivity index (χ3n) is 3.46. The summed E-state index contributed by atoms with van der Waals surface area (Å²) in [5, 5.41) is 19.4. The van der Waals surface area contributed by atoms with Crippen LogP contribution >= 0.6 is 0 Å². The average Bonchev–Trinajstić information content (AvgIpc) is 3.14. The maximum atomic E-state index is 12.3. The van der Waals surface area contributed by atoms with Gasteiger partial charge in [-0.3, -0.25) is 4.79 Å². The molecule has 98 valence electrons. The number of hydrogen-bond donors (Lipinski definition) is 3. The molecule has 0 heterocycles. The Morgan fingerprint density at radius 2 is 2.00 bits per heavy atom. The molecule has 1 aliphatic carbocycles. The summed E-state index contributed by atoms with van der Waals surface area (Å²) in [6, 6.07) is 4.23. The van der Waals surface area contributed by atoms with E-state index >= 15 is 0 Å². The molecule has 0 aromatic heterocycles. The van der Waals surface area contributed by atoms with Crippen molar-refractivity contribution in [2.45, 2.75) is 18.9 Å². The molecule has 2 rings (SSSR count). The highest BCUT2D eigenvalue weighted by Crippen LogP contribution is 2.36.